The zero-order valence-electron chi connectivity index (χ0n) is 19.3. The number of aryl methyl sites for hydroxylation is 1. The standard InChI is InChI=1S/C22H25N7O5S/c1-3-4-9-28-19(32)13-7-5-6-8-14(13)29-20(28)25-26-22(29)35-12-15(30)16-17(23)27(10-11-34-2)21(33)24-18(16)31/h5-8H,3-4,9-12,23H2,1-2H3,(H,24,31,33). The number of fused-ring (bicyclic) bond motifs is 3. The molecule has 0 amide bonds. The lowest BCUT2D eigenvalue weighted by Gasteiger charge is -2.12. The molecule has 3 aromatic heterocycles. The highest BCUT2D eigenvalue weighted by Crippen LogP contribution is 2.23. The summed E-state index contributed by atoms with van der Waals surface area (Å²) < 4.78 is 9.37. The van der Waals surface area contributed by atoms with Crippen LogP contribution in [0.25, 0.3) is 16.7 Å². The second-order valence-electron chi connectivity index (χ2n) is 7.82. The maximum absolute atomic E-state index is 13.1. The van der Waals surface area contributed by atoms with Crippen LogP contribution in [0.15, 0.2) is 43.8 Å². The monoisotopic (exact) mass is 499 g/mol. The van der Waals surface area contributed by atoms with Crippen LogP contribution in [0, 0.1) is 0 Å². The van der Waals surface area contributed by atoms with Crippen molar-refractivity contribution in [2.24, 2.45) is 0 Å². The van der Waals surface area contributed by atoms with Gasteiger partial charge in [0.25, 0.3) is 11.1 Å². The molecule has 3 N–H and O–H groups in total. The first-order valence-corrected chi connectivity index (χ1v) is 12.0. The van der Waals surface area contributed by atoms with E-state index >= 15 is 0 Å². The number of anilines is 1. The number of methoxy groups -OCH3 is 1. The van der Waals surface area contributed by atoms with Crippen LogP contribution >= 0.6 is 11.8 Å². The number of hydrogen-bond acceptors (Lipinski definition) is 9. The Morgan fingerprint density at radius 1 is 1.14 bits per heavy atom. The number of benzene rings is 1. The summed E-state index contributed by atoms with van der Waals surface area (Å²) in [4.78, 5) is 52.7. The number of para-hydroxylation sites is 1. The lowest BCUT2D eigenvalue weighted by Crippen LogP contribution is -2.37. The average Bonchev–Trinajstić information content (AvgIpc) is 3.26. The maximum Gasteiger partial charge on any atom is 0.330 e. The van der Waals surface area contributed by atoms with Gasteiger partial charge in [-0.15, -0.1) is 10.2 Å². The predicted octanol–water partition coefficient (Wildman–Crippen LogP) is 0.898. The van der Waals surface area contributed by atoms with Crippen LogP contribution in [0.5, 0.6) is 0 Å². The van der Waals surface area contributed by atoms with Crippen LogP contribution in [0.2, 0.25) is 0 Å². The summed E-state index contributed by atoms with van der Waals surface area (Å²) in [6.45, 7) is 2.78. The van der Waals surface area contributed by atoms with Crippen molar-refractivity contribution in [3.8, 4) is 0 Å². The minimum atomic E-state index is -0.850. The molecule has 0 saturated carbocycles. The van der Waals surface area contributed by atoms with Crippen molar-refractivity contribution >= 4 is 40.0 Å². The molecule has 0 bridgehead atoms. The largest absolute Gasteiger partial charge is 0.384 e. The third kappa shape index (κ3) is 4.51. The summed E-state index contributed by atoms with van der Waals surface area (Å²) >= 11 is 1.06. The number of ether oxygens (including phenoxy) is 1. The molecule has 0 aliphatic rings. The molecule has 0 radical (unpaired) electrons. The van der Waals surface area contributed by atoms with E-state index in [1.165, 1.54) is 7.11 Å². The van der Waals surface area contributed by atoms with Crippen molar-refractivity contribution < 1.29 is 9.53 Å². The quantitative estimate of drug-likeness (QED) is 0.239. The zero-order valence-corrected chi connectivity index (χ0v) is 20.1. The molecule has 0 spiro atoms. The Morgan fingerprint density at radius 3 is 2.66 bits per heavy atom. The van der Waals surface area contributed by atoms with E-state index in [4.69, 9.17) is 10.5 Å². The third-order valence-corrected chi connectivity index (χ3v) is 6.51. The van der Waals surface area contributed by atoms with Gasteiger partial charge in [0, 0.05) is 13.7 Å². The van der Waals surface area contributed by atoms with Gasteiger partial charge in [0.1, 0.15) is 11.4 Å². The number of nitrogens with zero attached hydrogens (tertiary/aromatic N) is 5. The first kappa shape index (κ1) is 24.4. The zero-order chi connectivity index (χ0) is 25.1. The van der Waals surface area contributed by atoms with Gasteiger partial charge < -0.3 is 10.5 Å². The Hall–Kier alpha value is -3.71. The molecule has 0 fully saturated rings. The van der Waals surface area contributed by atoms with E-state index < -0.39 is 17.0 Å². The van der Waals surface area contributed by atoms with Gasteiger partial charge in [-0.3, -0.25) is 32.9 Å². The van der Waals surface area contributed by atoms with Gasteiger partial charge in [0.15, 0.2) is 10.9 Å². The lowest BCUT2D eigenvalue weighted by molar-refractivity contribution is 0.102. The molecule has 4 rings (SSSR count). The average molecular weight is 500 g/mol. The molecule has 0 aliphatic heterocycles. The molecular formula is C22H25N7O5S. The lowest BCUT2D eigenvalue weighted by atomic mass is 10.2. The Balaban J connectivity index is 1.72. The molecule has 0 unspecified atom stereocenters. The van der Waals surface area contributed by atoms with Gasteiger partial charge in [0.2, 0.25) is 5.78 Å². The summed E-state index contributed by atoms with van der Waals surface area (Å²) in [5.74, 6) is -0.590. The summed E-state index contributed by atoms with van der Waals surface area (Å²) in [7, 11) is 1.46. The van der Waals surface area contributed by atoms with Crippen LogP contribution < -0.4 is 22.5 Å². The number of nitrogen functional groups attached to an aromatic ring is 1. The number of carbonyl (C=O) groups excluding carboxylic acids is 1. The van der Waals surface area contributed by atoms with E-state index in [1.807, 2.05) is 6.92 Å². The molecule has 0 saturated heterocycles. The number of nitrogens with two attached hydrogens (primary N) is 1. The van der Waals surface area contributed by atoms with Gasteiger partial charge in [-0.05, 0) is 18.6 Å². The minimum Gasteiger partial charge on any atom is -0.384 e. The fourth-order valence-corrected chi connectivity index (χ4v) is 4.62. The highest BCUT2D eigenvalue weighted by Gasteiger charge is 2.22. The maximum atomic E-state index is 13.1. The second-order valence-corrected chi connectivity index (χ2v) is 8.76. The Bertz CT molecular complexity index is 1580. The van der Waals surface area contributed by atoms with E-state index in [0.717, 1.165) is 29.2 Å². The summed E-state index contributed by atoms with van der Waals surface area (Å²) in [5, 5.41) is 9.33. The van der Waals surface area contributed by atoms with E-state index in [2.05, 4.69) is 15.2 Å². The first-order valence-electron chi connectivity index (χ1n) is 11.0. The third-order valence-electron chi connectivity index (χ3n) is 5.58. The smallest absolute Gasteiger partial charge is 0.330 e. The van der Waals surface area contributed by atoms with Crippen LogP contribution in [-0.4, -0.2) is 54.0 Å². The number of nitrogens with one attached hydrogen (secondary N) is 1. The molecule has 1 aromatic carbocycles. The van der Waals surface area contributed by atoms with Crippen LogP contribution in [0.4, 0.5) is 5.82 Å². The molecular weight excluding hydrogens is 474 g/mol. The number of thioether (sulfide) groups is 1. The van der Waals surface area contributed by atoms with Crippen molar-refractivity contribution in [3.63, 3.8) is 0 Å². The summed E-state index contributed by atoms with van der Waals surface area (Å²) in [6, 6.07) is 7.12. The van der Waals surface area contributed by atoms with E-state index in [0.29, 0.717) is 28.4 Å². The van der Waals surface area contributed by atoms with E-state index in [-0.39, 0.29) is 35.8 Å². The van der Waals surface area contributed by atoms with Crippen molar-refractivity contribution in [1.29, 1.82) is 0 Å². The Morgan fingerprint density at radius 2 is 1.91 bits per heavy atom. The first-order chi connectivity index (χ1) is 16.9. The van der Waals surface area contributed by atoms with E-state index in [9.17, 15) is 19.2 Å². The predicted molar refractivity (Wildman–Crippen MR) is 132 cm³/mol. The van der Waals surface area contributed by atoms with Crippen molar-refractivity contribution in [3.05, 3.63) is 61.0 Å². The molecule has 184 valence electrons. The van der Waals surface area contributed by atoms with Crippen molar-refractivity contribution in [1.82, 2.24) is 28.7 Å². The molecule has 0 atom stereocenters. The fourth-order valence-electron chi connectivity index (χ4n) is 3.81. The highest BCUT2D eigenvalue weighted by molar-refractivity contribution is 7.99. The molecule has 4 aromatic rings. The second kappa shape index (κ2) is 10.3. The highest BCUT2D eigenvalue weighted by atomic mass is 32.2. The van der Waals surface area contributed by atoms with Crippen LogP contribution in [0.3, 0.4) is 0 Å². The Kier molecular flexibility index (Phi) is 7.17. The topological polar surface area (TPSA) is 159 Å². The number of H-pyrrole nitrogens is 1. The SMILES string of the molecule is CCCCn1c(=O)c2ccccc2n2c(SCC(=O)c3c(N)n(CCOC)c(=O)[nH]c3=O)nnc12. The van der Waals surface area contributed by atoms with Gasteiger partial charge in [-0.25, -0.2) is 4.79 Å². The number of Topliss-reactive ketones (excluding diaryl/α,β-unsaturated/α-hetero) is 1. The molecule has 0 aliphatic carbocycles. The fraction of sp³-hybridized carbons (Fsp3) is 0.364. The molecule has 13 heteroatoms. The van der Waals surface area contributed by atoms with Crippen LogP contribution in [-0.2, 0) is 17.8 Å². The number of rotatable bonds is 10. The number of unbranched alkanes of at least 4 members (excludes halogenated alkanes) is 1. The number of carbonyl (C=O) groups is 1. The minimum absolute atomic E-state index is 0.0848. The van der Waals surface area contributed by atoms with Gasteiger partial charge in [0.05, 0.1) is 29.8 Å². The summed E-state index contributed by atoms with van der Waals surface area (Å²) in [6.07, 6.45) is 1.70. The number of ketones is 1. The normalized spacial score (nSPS) is 11.5. The van der Waals surface area contributed by atoms with Crippen molar-refractivity contribution in [2.75, 3.05) is 25.2 Å². The van der Waals surface area contributed by atoms with Gasteiger partial charge in [-0.2, -0.15) is 0 Å². The molecule has 35 heavy (non-hydrogen) atoms. The van der Waals surface area contributed by atoms with Gasteiger partial charge >= 0.3 is 5.69 Å². The van der Waals surface area contributed by atoms with Gasteiger partial charge in [-0.1, -0.05) is 37.2 Å². The van der Waals surface area contributed by atoms with Crippen LogP contribution in [0.1, 0.15) is 30.1 Å². The van der Waals surface area contributed by atoms with E-state index in [1.54, 1.807) is 33.2 Å². The number of aromatic nitrogens is 6. The molecule has 12 nitrogen and oxygen atoms in total. The summed E-state index contributed by atoms with van der Waals surface area (Å²) in [5.41, 5.74) is 4.61. The number of hydrogen-bond donors (Lipinski definition) is 2. The number of aromatic amines is 1. The Labute approximate surface area is 202 Å². The molecule has 3 heterocycles. The van der Waals surface area contributed by atoms with Crippen molar-refractivity contribution in [2.45, 2.75) is 38.0 Å².